The van der Waals surface area contributed by atoms with Gasteiger partial charge in [-0.05, 0) is 84.9 Å². The molecule has 0 N–H and O–H groups in total. The first-order valence-electron chi connectivity index (χ1n) is 10.3. The first-order chi connectivity index (χ1) is 12.7. The highest BCUT2D eigenvalue weighted by atomic mass is 32.2. The van der Waals surface area contributed by atoms with E-state index in [1.165, 1.54) is 12.5 Å². The van der Waals surface area contributed by atoms with Crippen LogP contribution in [-0.4, -0.2) is 22.9 Å². The molecule has 0 heterocycles. The van der Waals surface area contributed by atoms with E-state index in [1.54, 1.807) is 0 Å². The third-order valence-electron chi connectivity index (χ3n) is 8.92. The van der Waals surface area contributed by atoms with Crippen LogP contribution in [0.4, 0.5) is 4.39 Å². The lowest BCUT2D eigenvalue weighted by atomic mass is 9.47. The van der Waals surface area contributed by atoms with Crippen molar-refractivity contribution in [1.82, 2.24) is 0 Å². The molecule has 0 saturated heterocycles. The standard InChI is InChI=1S/C22H27FO3S/c1-10(24)27-19-14-5-4-11-13(22(14,3)16-8-12(16)18(19)25)6-7-21(2)15(11)9-17(23)20(21)26/h11-13,15-17H,4-9H2,1-3H3/t11-,12+,13+,15+,16?,17+,21+,22-/m1/s1. The number of rotatable bonds is 1. The molecule has 0 aromatic rings. The quantitative estimate of drug-likeness (QED) is 0.662. The SMILES string of the molecule is CC(=O)SC1=C2CC[C@H]3[C@@H]4C[C@H](F)C(=O)[C@@]4(C)CC[C@@H]3[C@@]2(C)C2C[C@@H]2C1=O. The summed E-state index contributed by atoms with van der Waals surface area (Å²) >= 11 is 1.13. The third-order valence-corrected chi connectivity index (χ3v) is 9.86. The van der Waals surface area contributed by atoms with Gasteiger partial charge in [-0.1, -0.05) is 13.8 Å². The van der Waals surface area contributed by atoms with E-state index in [1.807, 2.05) is 6.92 Å². The van der Waals surface area contributed by atoms with Crippen LogP contribution in [-0.2, 0) is 14.4 Å². The summed E-state index contributed by atoms with van der Waals surface area (Å²) in [5, 5.41) is -0.0210. The second kappa shape index (κ2) is 5.55. The van der Waals surface area contributed by atoms with Crippen LogP contribution in [0, 0.1) is 40.4 Å². The highest BCUT2D eigenvalue weighted by Gasteiger charge is 2.68. The van der Waals surface area contributed by atoms with E-state index < -0.39 is 11.6 Å². The van der Waals surface area contributed by atoms with Gasteiger partial charge in [-0.3, -0.25) is 14.4 Å². The predicted molar refractivity (Wildman–Crippen MR) is 102 cm³/mol. The van der Waals surface area contributed by atoms with E-state index in [-0.39, 0.29) is 33.9 Å². The molecule has 27 heavy (non-hydrogen) atoms. The molecule has 0 spiro atoms. The molecule has 146 valence electrons. The lowest BCUT2D eigenvalue weighted by molar-refractivity contribution is -0.135. The monoisotopic (exact) mass is 390 g/mol. The number of hydrogen-bond acceptors (Lipinski definition) is 4. The maximum absolute atomic E-state index is 14.3. The van der Waals surface area contributed by atoms with Crippen molar-refractivity contribution in [3.05, 3.63) is 10.5 Å². The highest BCUT2D eigenvalue weighted by molar-refractivity contribution is 8.17. The third kappa shape index (κ3) is 2.18. The summed E-state index contributed by atoms with van der Waals surface area (Å²) in [4.78, 5) is 37.9. The molecule has 1 unspecified atom stereocenters. The molecule has 5 aliphatic rings. The first kappa shape index (κ1) is 18.1. The molecule has 5 rings (SSSR count). The normalized spacial score (nSPS) is 50.7. The fourth-order valence-corrected chi connectivity index (χ4v) is 8.55. The molecular weight excluding hydrogens is 363 g/mol. The minimum Gasteiger partial charge on any atom is -0.296 e. The average molecular weight is 391 g/mol. The van der Waals surface area contributed by atoms with Gasteiger partial charge in [0.25, 0.3) is 0 Å². The number of ketones is 2. The largest absolute Gasteiger partial charge is 0.296 e. The summed E-state index contributed by atoms with van der Waals surface area (Å²) in [6, 6.07) is 0. The second-order valence-electron chi connectivity index (χ2n) is 9.94. The number of allylic oxidation sites excluding steroid dienone is 1. The van der Waals surface area contributed by atoms with Crippen LogP contribution in [0.1, 0.15) is 59.3 Å². The Morgan fingerprint density at radius 2 is 1.85 bits per heavy atom. The molecule has 0 radical (unpaired) electrons. The number of Topliss-reactive ketones (excluding diaryl/α,β-unsaturated/α-hetero) is 2. The molecule has 4 saturated carbocycles. The Bertz CT molecular complexity index is 803. The maximum atomic E-state index is 14.3. The molecule has 3 nitrogen and oxygen atoms in total. The van der Waals surface area contributed by atoms with Crippen LogP contribution < -0.4 is 0 Å². The van der Waals surface area contributed by atoms with Gasteiger partial charge in [-0.15, -0.1) is 0 Å². The fourth-order valence-electron chi connectivity index (χ4n) is 7.56. The molecule has 0 aromatic heterocycles. The van der Waals surface area contributed by atoms with Crippen molar-refractivity contribution in [2.75, 3.05) is 0 Å². The van der Waals surface area contributed by atoms with Gasteiger partial charge in [0.05, 0.1) is 4.91 Å². The van der Waals surface area contributed by atoms with Crippen molar-refractivity contribution in [3.63, 3.8) is 0 Å². The van der Waals surface area contributed by atoms with Gasteiger partial charge in [-0.2, -0.15) is 0 Å². The summed E-state index contributed by atoms with van der Waals surface area (Å²) in [6.45, 7) is 5.83. The van der Waals surface area contributed by atoms with Gasteiger partial charge in [0.15, 0.2) is 22.9 Å². The van der Waals surface area contributed by atoms with Gasteiger partial charge < -0.3 is 0 Å². The molecule has 8 atom stereocenters. The van der Waals surface area contributed by atoms with Crippen LogP contribution in [0.25, 0.3) is 0 Å². The lowest BCUT2D eigenvalue weighted by Gasteiger charge is -2.57. The van der Waals surface area contributed by atoms with Gasteiger partial charge >= 0.3 is 0 Å². The fraction of sp³-hybridized carbons (Fsp3) is 0.773. The Morgan fingerprint density at radius 1 is 1.11 bits per heavy atom. The van der Waals surface area contributed by atoms with Crippen molar-refractivity contribution in [1.29, 1.82) is 0 Å². The van der Waals surface area contributed by atoms with Gasteiger partial charge in [-0.25, -0.2) is 4.39 Å². The average Bonchev–Trinajstić information content (AvgIpc) is 3.38. The Hall–Kier alpha value is -0.970. The first-order valence-corrected chi connectivity index (χ1v) is 11.2. The molecule has 0 aliphatic heterocycles. The van der Waals surface area contributed by atoms with Crippen molar-refractivity contribution in [2.45, 2.75) is 65.5 Å². The molecule has 0 amide bonds. The summed E-state index contributed by atoms with van der Waals surface area (Å²) in [6.07, 6.45) is 3.45. The van der Waals surface area contributed by atoms with Crippen molar-refractivity contribution in [2.24, 2.45) is 40.4 Å². The Kier molecular flexibility index (Phi) is 3.72. The number of hydrogen-bond donors (Lipinski definition) is 0. The lowest BCUT2D eigenvalue weighted by Crippen LogP contribution is -2.52. The van der Waals surface area contributed by atoms with Crippen LogP contribution in [0.15, 0.2) is 10.5 Å². The van der Waals surface area contributed by atoms with Crippen molar-refractivity contribution in [3.8, 4) is 0 Å². The zero-order valence-corrected chi connectivity index (χ0v) is 17.0. The summed E-state index contributed by atoms with van der Waals surface area (Å²) in [7, 11) is 0. The van der Waals surface area contributed by atoms with E-state index in [9.17, 15) is 18.8 Å². The van der Waals surface area contributed by atoms with E-state index in [0.29, 0.717) is 24.2 Å². The number of fused-ring (bicyclic) bond motifs is 7. The Labute approximate surface area is 163 Å². The van der Waals surface area contributed by atoms with Gasteiger partial charge in [0, 0.05) is 18.3 Å². The molecule has 0 bridgehead atoms. The summed E-state index contributed by atoms with van der Waals surface area (Å²) in [5.41, 5.74) is 0.651. The predicted octanol–water partition coefficient (Wildman–Crippen LogP) is 4.50. The van der Waals surface area contributed by atoms with Crippen LogP contribution in [0.2, 0.25) is 0 Å². The number of alkyl halides is 1. The van der Waals surface area contributed by atoms with Gasteiger partial charge in [0.1, 0.15) is 0 Å². The Balaban J connectivity index is 1.57. The topological polar surface area (TPSA) is 51.2 Å². The molecular formula is C22H27FO3S. The van der Waals surface area contributed by atoms with E-state index in [4.69, 9.17) is 0 Å². The molecule has 5 aliphatic carbocycles. The number of carbonyl (C=O) groups excluding carboxylic acids is 3. The number of thioether (sulfide) groups is 1. The zero-order valence-electron chi connectivity index (χ0n) is 16.2. The maximum Gasteiger partial charge on any atom is 0.190 e. The van der Waals surface area contributed by atoms with Crippen LogP contribution in [0.5, 0.6) is 0 Å². The Morgan fingerprint density at radius 3 is 2.56 bits per heavy atom. The van der Waals surface area contributed by atoms with Gasteiger partial charge in [0.2, 0.25) is 0 Å². The van der Waals surface area contributed by atoms with Crippen molar-refractivity contribution >= 4 is 28.4 Å². The second-order valence-corrected chi connectivity index (χ2v) is 11.1. The minimum atomic E-state index is -1.30. The molecule has 5 heteroatoms. The number of carbonyl (C=O) groups is 3. The number of halogens is 1. The smallest absolute Gasteiger partial charge is 0.190 e. The zero-order chi connectivity index (χ0) is 19.3. The minimum absolute atomic E-state index is 0.0210. The summed E-state index contributed by atoms with van der Waals surface area (Å²) in [5.74, 6) is 1.37. The summed E-state index contributed by atoms with van der Waals surface area (Å²) < 4.78 is 14.3. The van der Waals surface area contributed by atoms with E-state index >= 15 is 0 Å². The van der Waals surface area contributed by atoms with E-state index in [0.717, 1.165) is 48.8 Å². The van der Waals surface area contributed by atoms with Crippen molar-refractivity contribution < 1.29 is 18.8 Å². The molecule has 4 fully saturated rings. The van der Waals surface area contributed by atoms with E-state index in [2.05, 4.69) is 6.92 Å². The molecule has 0 aromatic carbocycles. The van der Waals surface area contributed by atoms with Crippen LogP contribution >= 0.6 is 11.8 Å². The van der Waals surface area contributed by atoms with Crippen LogP contribution in [0.3, 0.4) is 0 Å². The highest BCUT2D eigenvalue weighted by Crippen LogP contribution is 2.72.